The Balaban J connectivity index is 1.28. The quantitative estimate of drug-likeness (QED) is 0.224. The summed E-state index contributed by atoms with van der Waals surface area (Å²) in [6, 6.07) is 18.0. The van der Waals surface area contributed by atoms with Crippen molar-refractivity contribution in [2.45, 2.75) is 75.0 Å². The van der Waals surface area contributed by atoms with Crippen LogP contribution in [-0.2, 0) is 11.3 Å². The Morgan fingerprint density at radius 2 is 1.82 bits per heavy atom. The zero-order valence-corrected chi connectivity index (χ0v) is 26.4. The maximum absolute atomic E-state index is 16.2. The third kappa shape index (κ3) is 4.93. The van der Waals surface area contributed by atoms with Crippen LogP contribution in [0.25, 0.3) is 11.0 Å². The highest BCUT2D eigenvalue weighted by molar-refractivity contribution is 6.31. The fourth-order valence-electron chi connectivity index (χ4n) is 7.74. The van der Waals surface area contributed by atoms with Crippen molar-refractivity contribution in [1.82, 2.24) is 19.8 Å². The summed E-state index contributed by atoms with van der Waals surface area (Å²) >= 11 is 12.7. The highest BCUT2D eigenvalue weighted by Crippen LogP contribution is 2.58. The first-order chi connectivity index (χ1) is 21.7. The number of carbonyl (C=O) groups excluding carboxylic acids is 2. The molecule has 8 rings (SSSR count). The molecule has 2 saturated carbocycles. The number of carbonyl (C=O) groups is 2. The van der Waals surface area contributed by atoms with Gasteiger partial charge in [0.1, 0.15) is 17.2 Å². The van der Waals surface area contributed by atoms with Crippen LogP contribution < -0.4 is 10.6 Å². The number of imidazole rings is 1. The third-order valence-corrected chi connectivity index (χ3v) is 10.8. The average molecular weight is 647 g/mol. The molecule has 1 saturated heterocycles. The summed E-state index contributed by atoms with van der Waals surface area (Å²) in [5, 5.41) is 6.74. The summed E-state index contributed by atoms with van der Waals surface area (Å²) in [6.07, 6.45) is 5.02. The van der Waals surface area contributed by atoms with Crippen molar-refractivity contribution in [3.63, 3.8) is 0 Å². The van der Waals surface area contributed by atoms with Crippen LogP contribution in [0.15, 0.2) is 60.7 Å². The molecular weight excluding hydrogens is 612 g/mol. The maximum atomic E-state index is 16.2. The van der Waals surface area contributed by atoms with Crippen LogP contribution >= 0.6 is 23.2 Å². The lowest BCUT2D eigenvalue weighted by Crippen LogP contribution is -2.56. The predicted molar refractivity (Wildman–Crippen MR) is 173 cm³/mol. The molecule has 0 bridgehead atoms. The van der Waals surface area contributed by atoms with Gasteiger partial charge in [-0.25, -0.2) is 9.37 Å². The Kier molecular flexibility index (Phi) is 6.97. The molecule has 4 aromatic rings. The lowest BCUT2D eigenvalue weighted by atomic mass is 9.73. The average Bonchev–Trinajstić information content (AvgIpc) is 3.95. The number of rotatable bonds is 7. The smallest absolute Gasteiger partial charge is 0.251 e. The van der Waals surface area contributed by atoms with Gasteiger partial charge in [-0.05, 0) is 93.0 Å². The highest BCUT2D eigenvalue weighted by atomic mass is 35.5. The minimum absolute atomic E-state index is 0.0259. The molecule has 45 heavy (non-hydrogen) atoms. The van der Waals surface area contributed by atoms with Crippen LogP contribution in [0.1, 0.15) is 72.6 Å². The fraction of sp³-hybridized carbons (Fsp3) is 0.400. The molecule has 2 amide bonds. The van der Waals surface area contributed by atoms with E-state index >= 15 is 4.39 Å². The second kappa shape index (κ2) is 10.8. The van der Waals surface area contributed by atoms with E-state index in [9.17, 15) is 9.59 Å². The summed E-state index contributed by atoms with van der Waals surface area (Å²) in [7, 11) is 0. The molecule has 1 aromatic heterocycles. The monoisotopic (exact) mass is 645 g/mol. The van der Waals surface area contributed by atoms with Crippen molar-refractivity contribution in [2.75, 3.05) is 11.9 Å². The van der Waals surface area contributed by atoms with E-state index in [2.05, 4.69) is 20.1 Å². The molecule has 0 spiro atoms. The van der Waals surface area contributed by atoms with E-state index in [1.54, 1.807) is 36.4 Å². The molecule has 7 nitrogen and oxygen atoms in total. The molecular formula is C35H34Cl2FN5O2. The van der Waals surface area contributed by atoms with Gasteiger partial charge in [0.15, 0.2) is 0 Å². The van der Waals surface area contributed by atoms with Crippen molar-refractivity contribution in [3.05, 3.63) is 93.5 Å². The van der Waals surface area contributed by atoms with Crippen LogP contribution in [0.3, 0.4) is 0 Å². The van der Waals surface area contributed by atoms with Gasteiger partial charge in [0.05, 0.1) is 16.1 Å². The largest absolute Gasteiger partial charge is 0.349 e. The number of anilines is 1. The van der Waals surface area contributed by atoms with Gasteiger partial charge in [0.2, 0.25) is 5.91 Å². The Labute approximate surface area is 271 Å². The van der Waals surface area contributed by atoms with Gasteiger partial charge in [-0.3, -0.25) is 14.5 Å². The fourth-order valence-corrected chi connectivity index (χ4v) is 8.11. The standard InChI is InChI=1S/C35H34Cl2FN5O2/c1-35(34(45)40-23-5-2-4-21(36)17-23)30(24-6-3-7-25(37)31(24)38)29-28(43(35)18-19-8-9-19)14-15-42-27-13-10-20(16-26(27)41-32(29)42)33(44)39-22-11-12-22/h2-7,10,13,16-17,19,22,28-30H,8-9,11-12,14-15,18H2,1H3,(H,39,44)(H,40,45)/t28-,29+,30-,35+/m0/s1. The number of hydrogen-bond donors (Lipinski definition) is 2. The molecule has 3 aromatic carbocycles. The van der Waals surface area contributed by atoms with Gasteiger partial charge in [-0.2, -0.15) is 0 Å². The number of aryl methyl sites for hydroxylation is 1. The zero-order chi connectivity index (χ0) is 31.0. The minimum Gasteiger partial charge on any atom is -0.349 e. The maximum Gasteiger partial charge on any atom is 0.251 e. The van der Waals surface area contributed by atoms with E-state index in [0.717, 1.165) is 55.5 Å². The SMILES string of the molecule is C[C@]1(C(=O)Nc2cccc(Cl)c2)[C@@H](c2cccc(Cl)c2F)[C@@H]2c3nc4cc(C(=O)NC5CC5)ccc4n3CC[C@@H]2N1CC1CC1. The van der Waals surface area contributed by atoms with Crippen LogP contribution in [0.4, 0.5) is 10.1 Å². The van der Waals surface area contributed by atoms with Crippen LogP contribution in [0, 0.1) is 11.7 Å². The Hall–Kier alpha value is -3.46. The molecule has 3 heterocycles. The van der Waals surface area contributed by atoms with Gasteiger partial charge >= 0.3 is 0 Å². The van der Waals surface area contributed by atoms with Crippen LogP contribution in [0.5, 0.6) is 0 Å². The lowest BCUT2D eigenvalue weighted by Gasteiger charge is -2.40. The second-order valence-corrected chi connectivity index (χ2v) is 14.1. The van der Waals surface area contributed by atoms with Crippen molar-refractivity contribution in [3.8, 4) is 0 Å². The molecule has 2 N–H and O–H groups in total. The summed E-state index contributed by atoms with van der Waals surface area (Å²) < 4.78 is 18.4. The number of nitrogens with one attached hydrogen (secondary N) is 2. The molecule has 4 aliphatic rings. The molecule has 0 radical (unpaired) electrons. The van der Waals surface area contributed by atoms with E-state index in [1.165, 1.54) is 0 Å². The number of likely N-dealkylation sites (tertiary alicyclic amines) is 1. The summed E-state index contributed by atoms with van der Waals surface area (Å²) in [5.41, 5.74) is 2.10. The predicted octanol–water partition coefficient (Wildman–Crippen LogP) is 7.14. The van der Waals surface area contributed by atoms with Crippen molar-refractivity contribution >= 4 is 51.7 Å². The van der Waals surface area contributed by atoms with Crippen LogP contribution in [0.2, 0.25) is 10.0 Å². The number of halogens is 3. The topological polar surface area (TPSA) is 79.3 Å². The number of nitrogens with zero attached hydrogens (tertiary/aromatic N) is 3. The number of hydrogen-bond acceptors (Lipinski definition) is 4. The Bertz CT molecular complexity index is 1850. The van der Waals surface area contributed by atoms with E-state index < -0.39 is 17.3 Å². The van der Waals surface area contributed by atoms with Gasteiger partial charge in [0.25, 0.3) is 5.91 Å². The molecule has 10 heteroatoms. The van der Waals surface area contributed by atoms with Crippen LogP contribution in [-0.4, -0.2) is 50.4 Å². The summed E-state index contributed by atoms with van der Waals surface area (Å²) in [6.45, 7) is 3.40. The van der Waals surface area contributed by atoms with Crippen molar-refractivity contribution in [2.24, 2.45) is 5.92 Å². The van der Waals surface area contributed by atoms with E-state index in [-0.39, 0.29) is 34.8 Å². The molecule has 2 aliphatic heterocycles. The molecule has 232 valence electrons. The van der Waals surface area contributed by atoms with E-state index in [1.807, 2.05) is 31.2 Å². The molecule has 3 fully saturated rings. The second-order valence-electron chi connectivity index (χ2n) is 13.3. The first kappa shape index (κ1) is 29.0. The summed E-state index contributed by atoms with van der Waals surface area (Å²) in [5.74, 6) is -0.407. The first-order valence-electron chi connectivity index (χ1n) is 15.8. The molecule has 0 unspecified atom stereocenters. The third-order valence-electron chi connectivity index (χ3n) is 10.3. The minimum atomic E-state index is -1.13. The van der Waals surface area contributed by atoms with Gasteiger partial charge in [0, 0.05) is 53.3 Å². The van der Waals surface area contributed by atoms with Gasteiger partial charge in [-0.1, -0.05) is 41.4 Å². The van der Waals surface area contributed by atoms with E-state index in [0.29, 0.717) is 34.3 Å². The number of amides is 2. The lowest BCUT2D eigenvalue weighted by molar-refractivity contribution is -0.127. The molecule has 2 aliphatic carbocycles. The number of fused-ring (bicyclic) bond motifs is 5. The Morgan fingerprint density at radius 3 is 2.58 bits per heavy atom. The zero-order valence-electron chi connectivity index (χ0n) is 24.9. The normalized spacial score (nSPS) is 26.0. The van der Waals surface area contributed by atoms with Gasteiger partial charge in [-0.15, -0.1) is 0 Å². The number of benzene rings is 3. The Morgan fingerprint density at radius 1 is 1.02 bits per heavy atom. The molecule has 4 atom stereocenters. The first-order valence-corrected chi connectivity index (χ1v) is 16.6. The van der Waals surface area contributed by atoms with Gasteiger partial charge < -0.3 is 15.2 Å². The number of aromatic nitrogens is 2. The van der Waals surface area contributed by atoms with Crippen molar-refractivity contribution in [1.29, 1.82) is 0 Å². The van der Waals surface area contributed by atoms with Crippen molar-refractivity contribution < 1.29 is 14.0 Å². The summed E-state index contributed by atoms with van der Waals surface area (Å²) in [4.78, 5) is 35.0. The highest BCUT2D eigenvalue weighted by Gasteiger charge is 2.63. The van der Waals surface area contributed by atoms with E-state index in [4.69, 9.17) is 28.2 Å².